The van der Waals surface area contributed by atoms with Crippen molar-refractivity contribution in [3.8, 4) is 6.07 Å². The van der Waals surface area contributed by atoms with Crippen LogP contribution in [0.4, 0.5) is 0 Å². The lowest BCUT2D eigenvalue weighted by molar-refractivity contribution is 0.323. The quantitative estimate of drug-likeness (QED) is 0.716. The topological polar surface area (TPSA) is 27.0 Å². The highest BCUT2D eigenvalue weighted by molar-refractivity contribution is 6.31. The van der Waals surface area contributed by atoms with E-state index in [-0.39, 0.29) is 0 Å². The number of hydrogen-bond acceptors (Lipinski definition) is 2. The van der Waals surface area contributed by atoms with Gasteiger partial charge in [0.1, 0.15) is 0 Å². The van der Waals surface area contributed by atoms with Crippen molar-refractivity contribution in [2.45, 2.75) is 19.4 Å². The number of hydrogen-bond donors (Lipinski definition) is 0. The van der Waals surface area contributed by atoms with E-state index in [4.69, 9.17) is 16.9 Å². The number of halogens is 1. The molecule has 0 unspecified atom stereocenters. The summed E-state index contributed by atoms with van der Waals surface area (Å²) in [4.78, 5) is 2.18. The Morgan fingerprint density at radius 1 is 1.40 bits per heavy atom. The summed E-state index contributed by atoms with van der Waals surface area (Å²) in [6.07, 6.45) is 1.53. The third-order valence-corrected chi connectivity index (χ3v) is 2.60. The van der Waals surface area contributed by atoms with Crippen LogP contribution >= 0.6 is 11.6 Å². The second-order valence-electron chi connectivity index (χ2n) is 3.59. The Hall–Kier alpha value is -1.04. The van der Waals surface area contributed by atoms with Crippen LogP contribution in [0.1, 0.15) is 18.4 Å². The highest BCUT2D eigenvalue weighted by atomic mass is 35.5. The Morgan fingerprint density at radius 3 is 2.80 bits per heavy atom. The molecule has 15 heavy (non-hydrogen) atoms. The van der Waals surface area contributed by atoms with Gasteiger partial charge in [-0.2, -0.15) is 5.26 Å². The van der Waals surface area contributed by atoms with Crippen LogP contribution in [-0.2, 0) is 6.54 Å². The maximum atomic E-state index is 8.42. The minimum Gasteiger partial charge on any atom is -0.302 e. The van der Waals surface area contributed by atoms with E-state index in [0.717, 1.165) is 30.1 Å². The molecule has 0 saturated heterocycles. The first-order valence-electron chi connectivity index (χ1n) is 5.03. The molecule has 0 heterocycles. The maximum Gasteiger partial charge on any atom is 0.0622 e. The highest BCUT2D eigenvalue weighted by Crippen LogP contribution is 2.16. The van der Waals surface area contributed by atoms with Gasteiger partial charge in [-0.1, -0.05) is 29.8 Å². The predicted octanol–water partition coefficient (Wildman–Crippen LogP) is 3.08. The van der Waals surface area contributed by atoms with Crippen molar-refractivity contribution < 1.29 is 0 Å². The summed E-state index contributed by atoms with van der Waals surface area (Å²) in [7, 11) is 2.04. The van der Waals surface area contributed by atoms with Crippen LogP contribution < -0.4 is 0 Å². The second-order valence-corrected chi connectivity index (χ2v) is 4.00. The van der Waals surface area contributed by atoms with E-state index >= 15 is 0 Å². The van der Waals surface area contributed by atoms with E-state index < -0.39 is 0 Å². The van der Waals surface area contributed by atoms with Crippen molar-refractivity contribution >= 4 is 11.6 Å². The van der Waals surface area contributed by atoms with Gasteiger partial charge in [-0.15, -0.1) is 0 Å². The van der Waals surface area contributed by atoms with Gasteiger partial charge in [0.2, 0.25) is 0 Å². The zero-order valence-corrected chi connectivity index (χ0v) is 9.67. The smallest absolute Gasteiger partial charge is 0.0622 e. The van der Waals surface area contributed by atoms with E-state index in [1.54, 1.807) is 0 Å². The Balaban J connectivity index is 2.41. The Labute approximate surface area is 96.1 Å². The molecule has 0 spiro atoms. The van der Waals surface area contributed by atoms with Crippen LogP contribution in [0.2, 0.25) is 5.02 Å². The fraction of sp³-hybridized carbons (Fsp3) is 0.417. The molecular weight excluding hydrogens is 208 g/mol. The third kappa shape index (κ3) is 4.33. The van der Waals surface area contributed by atoms with Gasteiger partial charge in [0.05, 0.1) is 6.07 Å². The van der Waals surface area contributed by atoms with Crippen molar-refractivity contribution in [1.29, 1.82) is 5.26 Å². The minimum atomic E-state index is 0.618. The van der Waals surface area contributed by atoms with E-state index in [0.29, 0.717) is 6.42 Å². The summed E-state index contributed by atoms with van der Waals surface area (Å²) in [6, 6.07) is 10.0. The Morgan fingerprint density at radius 2 is 2.13 bits per heavy atom. The molecule has 0 bridgehead atoms. The molecule has 0 aromatic heterocycles. The second kappa shape index (κ2) is 6.44. The molecule has 0 aliphatic rings. The first-order chi connectivity index (χ1) is 7.24. The molecule has 0 aliphatic carbocycles. The standard InChI is InChI=1S/C12H15ClN2/c1-15(9-5-4-8-14)10-11-6-2-3-7-12(11)13/h2-3,6-7H,4-5,9-10H2,1H3. The zero-order valence-electron chi connectivity index (χ0n) is 8.91. The monoisotopic (exact) mass is 222 g/mol. The van der Waals surface area contributed by atoms with Gasteiger partial charge in [0.25, 0.3) is 0 Å². The first-order valence-corrected chi connectivity index (χ1v) is 5.40. The van der Waals surface area contributed by atoms with Gasteiger partial charge in [-0.3, -0.25) is 0 Å². The molecule has 0 fully saturated rings. The molecule has 0 N–H and O–H groups in total. The number of benzene rings is 1. The fourth-order valence-corrected chi connectivity index (χ4v) is 1.62. The summed E-state index contributed by atoms with van der Waals surface area (Å²) in [5.41, 5.74) is 1.14. The number of rotatable bonds is 5. The highest BCUT2D eigenvalue weighted by Gasteiger charge is 2.02. The minimum absolute atomic E-state index is 0.618. The van der Waals surface area contributed by atoms with Crippen molar-refractivity contribution in [3.63, 3.8) is 0 Å². The largest absolute Gasteiger partial charge is 0.302 e. The molecule has 0 aliphatic heterocycles. The molecule has 2 nitrogen and oxygen atoms in total. The van der Waals surface area contributed by atoms with Gasteiger partial charge in [-0.25, -0.2) is 0 Å². The maximum absolute atomic E-state index is 8.42. The van der Waals surface area contributed by atoms with Crippen molar-refractivity contribution in [3.05, 3.63) is 34.9 Å². The average Bonchev–Trinajstić information content (AvgIpc) is 2.22. The lowest BCUT2D eigenvalue weighted by atomic mass is 10.2. The molecule has 0 atom stereocenters. The van der Waals surface area contributed by atoms with Gasteiger partial charge < -0.3 is 4.90 Å². The van der Waals surface area contributed by atoms with Gasteiger partial charge >= 0.3 is 0 Å². The van der Waals surface area contributed by atoms with Crippen molar-refractivity contribution in [2.24, 2.45) is 0 Å². The van der Waals surface area contributed by atoms with Gasteiger partial charge in [0, 0.05) is 18.0 Å². The normalized spacial score (nSPS) is 10.3. The predicted molar refractivity (Wildman–Crippen MR) is 62.6 cm³/mol. The van der Waals surface area contributed by atoms with Crippen LogP contribution in [0.3, 0.4) is 0 Å². The van der Waals surface area contributed by atoms with Crippen LogP contribution in [0, 0.1) is 11.3 Å². The van der Waals surface area contributed by atoms with Crippen LogP contribution in [0.5, 0.6) is 0 Å². The molecule has 1 rings (SSSR count). The summed E-state index contributed by atoms with van der Waals surface area (Å²) >= 11 is 6.05. The fourth-order valence-electron chi connectivity index (χ4n) is 1.42. The van der Waals surface area contributed by atoms with E-state index in [1.165, 1.54) is 0 Å². The van der Waals surface area contributed by atoms with Crippen LogP contribution in [-0.4, -0.2) is 18.5 Å². The Bertz CT molecular complexity index is 344. The summed E-state index contributed by atoms with van der Waals surface area (Å²) < 4.78 is 0. The van der Waals surface area contributed by atoms with E-state index in [2.05, 4.69) is 11.0 Å². The molecule has 1 aromatic carbocycles. The third-order valence-electron chi connectivity index (χ3n) is 2.23. The van der Waals surface area contributed by atoms with Crippen LogP contribution in [0.15, 0.2) is 24.3 Å². The number of unbranched alkanes of at least 4 members (excludes halogenated alkanes) is 1. The molecule has 0 amide bonds. The molecule has 80 valence electrons. The van der Waals surface area contributed by atoms with Crippen LogP contribution in [0.25, 0.3) is 0 Å². The molecular formula is C12H15ClN2. The lowest BCUT2D eigenvalue weighted by Gasteiger charge is -2.16. The molecule has 1 aromatic rings. The summed E-state index contributed by atoms with van der Waals surface area (Å²) in [5.74, 6) is 0. The number of nitriles is 1. The van der Waals surface area contributed by atoms with Crippen molar-refractivity contribution in [1.82, 2.24) is 4.90 Å². The van der Waals surface area contributed by atoms with E-state index in [9.17, 15) is 0 Å². The molecule has 0 saturated carbocycles. The Kier molecular flexibility index (Phi) is 5.17. The average molecular weight is 223 g/mol. The summed E-state index contributed by atoms with van der Waals surface area (Å²) in [6.45, 7) is 1.77. The van der Waals surface area contributed by atoms with Gasteiger partial charge in [-0.05, 0) is 31.6 Å². The first kappa shape index (κ1) is 12.0. The molecule has 3 heteroatoms. The lowest BCUT2D eigenvalue weighted by Crippen LogP contribution is -2.19. The zero-order chi connectivity index (χ0) is 11.1. The van der Waals surface area contributed by atoms with E-state index in [1.807, 2.05) is 31.3 Å². The SMILES string of the molecule is CN(CCCC#N)Cc1ccccc1Cl. The summed E-state index contributed by atoms with van der Waals surface area (Å²) in [5, 5.41) is 9.23. The van der Waals surface area contributed by atoms with Gasteiger partial charge in [0.15, 0.2) is 0 Å². The number of nitrogens with zero attached hydrogens (tertiary/aromatic N) is 2. The van der Waals surface area contributed by atoms with Crippen molar-refractivity contribution in [2.75, 3.05) is 13.6 Å². The molecule has 0 radical (unpaired) electrons.